The molecule has 0 spiro atoms. The molecule has 19 heteroatoms. The summed E-state index contributed by atoms with van der Waals surface area (Å²) in [5, 5.41) is 27.4. The molecule has 2 heterocycles. The second-order valence-corrected chi connectivity index (χ2v) is 17.1. The zero-order chi connectivity index (χ0) is 51.8. The van der Waals surface area contributed by atoms with Crippen LogP contribution in [0.4, 0.5) is 5.69 Å². The van der Waals surface area contributed by atoms with Crippen molar-refractivity contribution >= 4 is 47.9 Å². The van der Waals surface area contributed by atoms with Crippen LogP contribution in [0.25, 0.3) is 0 Å². The van der Waals surface area contributed by atoms with E-state index in [4.69, 9.17) is 23.7 Å². The molecule has 4 aromatic rings. The van der Waals surface area contributed by atoms with Gasteiger partial charge in [0, 0.05) is 49.6 Å². The van der Waals surface area contributed by atoms with Gasteiger partial charge >= 0.3 is 23.9 Å². The summed E-state index contributed by atoms with van der Waals surface area (Å²) in [6.45, 7) is 8.43. The van der Waals surface area contributed by atoms with Crippen molar-refractivity contribution in [1.29, 1.82) is 0 Å². The molecule has 3 N–H and O–H groups in total. The van der Waals surface area contributed by atoms with Crippen LogP contribution in [0, 0.1) is 10.1 Å². The Morgan fingerprint density at radius 1 is 0.847 bits per heavy atom. The number of nitro groups is 1. The average molecular weight is 1010 g/mol. The molecule has 0 fully saturated rings. The highest BCUT2D eigenvalue weighted by atomic mass is 35.5. The number of hydrogen-bond acceptors (Lipinski definition) is 15. The van der Waals surface area contributed by atoms with Gasteiger partial charge in [-0.2, -0.15) is 0 Å². The van der Waals surface area contributed by atoms with E-state index in [1.54, 1.807) is 45.9 Å². The lowest BCUT2D eigenvalue weighted by atomic mass is 9.80. The topological polar surface area (TPSA) is 225 Å². The maximum atomic E-state index is 13.5. The number of benzene rings is 4. The number of allylic oxidation sites excluding steroid dienone is 2. The molecular formula is C53H64ClN5O13. The number of likely N-dealkylation sites (N-methyl/N-ethyl adjacent to an activating group) is 1. The van der Waals surface area contributed by atoms with E-state index in [1.807, 2.05) is 72.6 Å². The van der Waals surface area contributed by atoms with E-state index in [0.717, 1.165) is 22.3 Å². The maximum Gasteiger partial charge on any atom is 0.336 e. The summed E-state index contributed by atoms with van der Waals surface area (Å²) >= 11 is 0. The zero-order valence-electron chi connectivity index (χ0n) is 41.8. The van der Waals surface area contributed by atoms with Gasteiger partial charge < -0.3 is 39.0 Å². The molecule has 1 amide bonds. The number of esters is 3. The van der Waals surface area contributed by atoms with Gasteiger partial charge in [-0.05, 0) is 87.5 Å². The molecular weight excluding hydrogens is 950 g/mol. The number of aliphatic carboxylic acids is 1. The van der Waals surface area contributed by atoms with E-state index in [0.29, 0.717) is 54.4 Å². The van der Waals surface area contributed by atoms with Crippen LogP contribution < -0.4 is 20.1 Å². The number of aryl methyl sites for hydroxylation is 1. The number of carbonyl (C=O) groups excluding carboxylic acids is 4. The van der Waals surface area contributed by atoms with Crippen LogP contribution in [0.2, 0.25) is 0 Å². The zero-order valence-corrected chi connectivity index (χ0v) is 42.6. The van der Waals surface area contributed by atoms with Gasteiger partial charge in [-0.15, -0.1) is 12.4 Å². The molecule has 0 saturated carbocycles. The Hall–Kier alpha value is -7.28. The third-order valence-corrected chi connectivity index (χ3v) is 12.2. The number of fused-ring (bicyclic) bond motifs is 1. The number of carbonyl (C=O) groups is 5. The normalized spacial score (nSPS) is 15.8. The number of ether oxygens (including phenoxy) is 5. The third kappa shape index (κ3) is 14.9. The molecule has 0 bridgehead atoms. The predicted molar refractivity (Wildman–Crippen MR) is 270 cm³/mol. The van der Waals surface area contributed by atoms with E-state index in [2.05, 4.69) is 10.6 Å². The number of carboxylic acid groups (broad SMARTS) is 1. The first kappa shape index (κ1) is 57.3. The SMILES string of the molecule is CCOC(=O)[C@H](CCc1ccccc1)N[C@@H](C)C(=O)N1Cc2cc(OC)c(OC)cc2C[C@H]1C(=O)O.COC(=O)C1=C(C)NC(C)=C(C(=O)OCCN(C)Cc2ccccc2)C1c1cccc([N+](=O)[O-])c1.Cl. The first-order valence-electron chi connectivity index (χ1n) is 23.2. The summed E-state index contributed by atoms with van der Waals surface area (Å²) in [5.41, 5.74) is 5.49. The van der Waals surface area contributed by atoms with Crippen LogP contribution in [-0.2, 0) is 64.1 Å². The molecule has 6 rings (SSSR count). The quantitative estimate of drug-likeness (QED) is 0.0363. The van der Waals surface area contributed by atoms with Gasteiger partial charge in [0.15, 0.2) is 11.5 Å². The lowest BCUT2D eigenvalue weighted by molar-refractivity contribution is -0.384. The van der Waals surface area contributed by atoms with Crippen molar-refractivity contribution in [2.45, 2.75) is 84.1 Å². The fraction of sp³-hybridized carbons (Fsp3) is 0.377. The van der Waals surface area contributed by atoms with Gasteiger partial charge in [-0.3, -0.25) is 29.9 Å². The molecule has 18 nitrogen and oxygen atoms in total. The van der Waals surface area contributed by atoms with E-state index < -0.39 is 58.8 Å². The van der Waals surface area contributed by atoms with Crippen molar-refractivity contribution < 1.29 is 57.7 Å². The standard InChI is InChI=1S/C27H34N2O7.C26H29N3O6.ClH/c1-5-36-27(33)21(12-11-18-9-7-6-8-10-18)28-17(2)25(30)29-16-20-15-24(35-4)23(34-3)14-19(20)13-22(29)26(31)32;1-17-22(25(30)34-4)24(20-11-8-12-21(15-20)29(32)33)23(18(2)27-17)26(31)35-14-13-28(3)16-19-9-6-5-7-10-19;/h6-10,14-15,17,21-22,28H,5,11-13,16H2,1-4H3,(H,31,32);5-12,15,24,27H,13-14,16H2,1-4H3;1H/t17-,21-,22-;;/m0../s1. The molecule has 386 valence electrons. The van der Waals surface area contributed by atoms with Crippen LogP contribution in [0.3, 0.4) is 0 Å². The van der Waals surface area contributed by atoms with Gasteiger partial charge in [0.2, 0.25) is 5.91 Å². The lowest BCUT2D eigenvalue weighted by Gasteiger charge is -2.37. The Balaban J connectivity index is 0.000000308. The molecule has 1 unspecified atom stereocenters. The molecule has 2 aliphatic heterocycles. The molecule has 0 saturated heterocycles. The molecule has 0 aliphatic carbocycles. The fourth-order valence-electron chi connectivity index (χ4n) is 8.60. The molecule has 0 aromatic heterocycles. The maximum absolute atomic E-state index is 13.5. The minimum absolute atomic E-state index is 0. The molecule has 2 aliphatic rings. The lowest BCUT2D eigenvalue weighted by Crippen LogP contribution is -2.56. The number of halogens is 1. The van der Waals surface area contributed by atoms with E-state index in [-0.39, 0.29) is 55.4 Å². The molecule has 0 radical (unpaired) electrons. The second kappa shape index (κ2) is 27.4. The minimum atomic E-state index is -1.10. The Morgan fingerprint density at radius 3 is 2.01 bits per heavy atom. The number of carboxylic acids is 1. The number of nitrogens with zero attached hydrogens (tertiary/aromatic N) is 3. The summed E-state index contributed by atoms with van der Waals surface area (Å²) in [6, 6.07) is 26.5. The number of amides is 1. The van der Waals surface area contributed by atoms with E-state index in [9.17, 15) is 39.2 Å². The Kier molecular flexibility index (Phi) is 21.8. The van der Waals surface area contributed by atoms with Crippen LogP contribution in [0.15, 0.2) is 120 Å². The van der Waals surface area contributed by atoms with Crippen molar-refractivity contribution in [2.75, 3.05) is 48.1 Å². The number of hydrogen-bond donors (Lipinski definition) is 3. The molecule has 4 aromatic carbocycles. The van der Waals surface area contributed by atoms with Crippen molar-refractivity contribution in [2.24, 2.45) is 0 Å². The summed E-state index contributed by atoms with van der Waals surface area (Å²) in [5.74, 6) is -3.04. The van der Waals surface area contributed by atoms with Gasteiger partial charge in [0.05, 0.1) is 56.0 Å². The minimum Gasteiger partial charge on any atom is -0.493 e. The van der Waals surface area contributed by atoms with Crippen molar-refractivity contribution in [3.63, 3.8) is 0 Å². The molecule has 72 heavy (non-hydrogen) atoms. The van der Waals surface area contributed by atoms with E-state index >= 15 is 0 Å². The van der Waals surface area contributed by atoms with Crippen LogP contribution in [0.1, 0.15) is 67.9 Å². The smallest absolute Gasteiger partial charge is 0.336 e. The Morgan fingerprint density at radius 2 is 1.44 bits per heavy atom. The Labute approximate surface area is 425 Å². The number of dihydropyridines is 1. The summed E-state index contributed by atoms with van der Waals surface area (Å²) < 4.78 is 26.5. The highest BCUT2D eigenvalue weighted by Gasteiger charge is 2.40. The van der Waals surface area contributed by atoms with Gasteiger partial charge in [-0.1, -0.05) is 72.8 Å². The monoisotopic (exact) mass is 1010 g/mol. The fourth-order valence-corrected chi connectivity index (χ4v) is 8.60. The number of methoxy groups -OCH3 is 3. The van der Waals surface area contributed by atoms with Gasteiger partial charge in [-0.25, -0.2) is 14.4 Å². The highest BCUT2D eigenvalue weighted by Crippen LogP contribution is 2.40. The largest absolute Gasteiger partial charge is 0.493 e. The van der Waals surface area contributed by atoms with Crippen LogP contribution in [-0.4, -0.2) is 116 Å². The van der Waals surface area contributed by atoms with Gasteiger partial charge in [0.1, 0.15) is 18.7 Å². The van der Waals surface area contributed by atoms with Crippen molar-refractivity contribution in [3.05, 3.63) is 158 Å². The number of nitro benzene ring substituents is 1. The first-order chi connectivity index (χ1) is 34.0. The predicted octanol–water partition coefficient (Wildman–Crippen LogP) is 6.68. The first-order valence-corrected chi connectivity index (χ1v) is 23.2. The van der Waals surface area contributed by atoms with E-state index in [1.165, 1.54) is 44.4 Å². The molecule has 4 atom stereocenters. The van der Waals surface area contributed by atoms with Crippen LogP contribution in [0.5, 0.6) is 11.5 Å². The second-order valence-electron chi connectivity index (χ2n) is 17.1. The van der Waals surface area contributed by atoms with Crippen molar-refractivity contribution in [3.8, 4) is 11.5 Å². The number of rotatable bonds is 20. The summed E-state index contributed by atoms with van der Waals surface area (Å²) in [6.07, 6.45) is 1.19. The number of non-ortho nitro benzene ring substituents is 1. The summed E-state index contributed by atoms with van der Waals surface area (Å²) in [4.78, 5) is 78.4. The average Bonchev–Trinajstić information content (AvgIpc) is 3.36. The van der Waals surface area contributed by atoms with Crippen molar-refractivity contribution in [1.82, 2.24) is 20.4 Å². The van der Waals surface area contributed by atoms with Crippen LogP contribution >= 0.6 is 12.4 Å². The third-order valence-electron chi connectivity index (χ3n) is 12.2. The summed E-state index contributed by atoms with van der Waals surface area (Å²) in [7, 11) is 6.22. The number of nitrogens with one attached hydrogen (secondary N) is 2. The highest BCUT2D eigenvalue weighted by molar-refractivity contribution is 6.00. The van der Waals surface area contributed by atoms with Gasteiger partial charge in [0.25, 0.3) is 5.69 Å². The Bertz CT molecular complexity index is 2610.